The van der Waals surface area contributed by atoms with Crippen LogP contribution in [-0.4, -0.2) is 120 Å². The lowest BCUT2D eigenvalue weighted by molar-refractivity contribution is -0.124. The van der Waals surface area contributed by atoms with Crippen LogP contribution in [-0.2, 0) is 35.4 Å². The number of amides is 1. The highest BCUT2D eigenvalue weighted by atomic mass is 32.2. The largest absolute Gasteiger partial charge is 0.492 e. The summed E-state index contributed by atoms with van der Waals surface area (Å²) in [5, 5.41) is 14.8. The minimum atomic E-state index is -4.03. The summed E-state index contributed by atoms with van der Waals surface area (Å²) >= 11 is 0. The van der Waals surface area contributed by atoms with E-state index in [-0.39, 0.29) is 67.6 Å². The van der Waals surface area contributed by atoms with Crippen molar-refractivity contribution in [2.24, 2.45) is 17.8 Å². The molecule has 6 rings (SSSR count). The normalized spacial score (nSPS) is 23.5. The van der Waals surface area contributed by atoms with Gasteiger partial charge in [-0.15, -0.1) is 0 Å². The number of carbonyl (C=O) groups is 1. The Morgan fingerprint density at radius 3 is 2.59 bits per heavy atom. The number of hydrogen-bond acceptors (Lipinski definition) is 11. The van der Waals surface area contributed by atoms with E-state index >= 15 is 0 Å². The van der Waals surface area contributed by atoms with E-state index in [1.165, 1.54) is 16.4 Å². The number of sulfonamides is 1. The topological polar surface area (TPSA) is 145 Å². The molecule has 1 amide bonds. The molecule has 14 heteroatoms. The highest BCUT2D eigenvalue weighted by Gasteiger charge is 2.42. The van der Waals surface area contributed by atoms with E-state index in [2.05, 4.69) is 10.2 Å². The van der Waals surface area contributed by atoms with Gasteiger partial charge in [0.05, 0.1) is 43.5 Å². The smallest absolute Gasteiger partial charge is 0.243 e. The third kappa shape index (κ3) is 9.23. The first-order valence-corrected chi connectivity index (χ1v) is 18.7. The Balaban J connectivity index is 1.15. The standard InChI is InChI=1S/C35H49N3O10S/c1-24(2)20-38(49(41,42)28-7-8-32-33(19-28)48-23-47-32)21-31(39)30(36-34(40)18-26-22-46-35-29(26)9-13-45-35)17-25-3-5-27(6-4-25)44-16-12-37-10-14-43-15-11-37/h3-8,19,24,26,29-31,35,39H,9-18,20-23H2,1-2H3,(H,36,40)/t26-,29-,30-,31+,35?/m0/s1. The zero-order valence-electron chi connectivity index (χ0n) is 28.3. The van der Waals surface area contributed by atoms with Crippen LogP contribution in [0.2, 0.25) is 0 Å². The number of benzene rings is 2. The number of aliphatic hydroxyl groups excluding tert-OH is 1. The zero-order chi connectivity index (χ0) is 34.4. The van der Waals surface area contributed by atoms with Gasteiger partial charge >= 0.3 is 0 Å². The van der Waals surface area contributed by atoms with E-state index in [4.69, 9.17) is 28.4 Å². The van der Waals surface area contributed by atoms with Gasteiger partial charge in [0.25, 0.3) is 0 Å². The van der Waals surface area contributed by atoms with Crippen LogP contribution < -0.4 is 19.5 Å². The van der Waals surface area contributed by atoms with Gasteiger partial charge in [-0.3, -0.25) is 9.69 Å². The molecule has 0 aliphatic carbocycles. The second-order valence-corrected chi connectivity index (χ2v) is 15.6. The molecule has 3 fully saturated rings. The Bertz CT molecular complexity index is 1500. The molecule has 270 valence electrons. The predicted molar refractivity (Wildman–Crippen MR) is 179 cm³/mol. The molecule has 2 N–H and O–H groups in total. The van der Waals surface area contributed by atoms with E-state index in [0.717, 1.165) is 50.6 Å². The summed E-state index contributed by atoms with van der Waals surface area (Å²) in [6, 6.07) is 11.3. The predicted octanol–water partition coefficient (Wildman–Crippen LogP) is 2.26. The molecular weight excluding hydrogens is 654 g/mol. The van der Waals surface area contributed by atoms with E-state index < -0.39 is 22.2 Å². The molecule has 0 bridgehead atoms. The second kappa shape index (κ2) is 16.4. The van der Waals surface area contributed by atoms with Crippen molar-refractivity contribution in [3.8, 4) is 17.2 Å². The van der Waals surface area contributed by atoms with Crippen molar-refractivity contribution in [2.75, 3.05) is 72.6 Å². The summed E-state index contributed by atoms with van der Waals surface area (Å²) in [5.41, 5.74) is 0.868. The molecule has 5 atom stereocenters. The molecule has 2 aromatic rings. The van der Waals surface area contributed by atoms with E-state index in [1.54, 1.807) is 6.07 Å². The van der Waals surface area contributed by atoms with Crippen molar-refractivity contribution in [1.82, 2.24) is 14.5 Å². The molecule has 1 unspecified atom stereocenters. The summed E-state index contributed by atoms with van der Waals surface area (Å²) < 4.78 is 62.7. The first-order chi connectivity index (χ1) is 23.7. The fourth-order valence-electron chi connectivity index (χ4n) is 6.84. The van der Waals surface area contributed by atoms with Gasteiger partial charge < -0.3 is 38.8 Å². The molecule has 0 aromatic heterocycles. The van der Waals surface area contributed by atoms with Crippen LogP contribution in [0.15, 0.2) is 47.4 Å². The van der Waals surface area contributed by atoms with Crippen molar-refractivity contribution in [2.45, 2.75) is 56.4 Å². The SMILES string of the molecule is CC(C)CN(C[C@@H](O)[C@H](Cc1ccc(OCCN2CCOCC2)cc1)NC(=O)C[C@H]1COC2OCC[C@H]21)S(=O)(=O)c1ccc2c(c1)OCO2. The minimum Gasteiger partial charge on any atom is -0.492 e. The van der Waals surface area contributed by atoms with Crippen molar-refractivity contribution in [3.63, 3.8) is 0 Å². The lowest BCUT2D eigenvalue weighted by atomic mass is 9.90. The quantitative estimate of drug-likeness (QED) is 0.266. The number of carbonyl (C=O) groups excluding carboxylic acids is 1. The van der Waals surface area contributed by atoms with Crippen molar-refractivity contribution in [1.29, 1.82) is 0 Å². The van der Waals surface area contributed by atoms with Gasteiger partial charge in [-0.05, 0) is 54.5 Å². The van der Waals surface area contributed by atoms with Gasteiger partial charge in [-0.2, -0.15) is 4.31 Å². The summed E-state index contributed by atoms with van der Waals surface area (Å²) in [6.45, 7) is 9.52. The summed E-state index contributed by atoms with van der Waals surface area (Å²) in [6.07, 6.45) is -0.110. The highest BCUT2D eigenvalue weighted by Crippen LogP contribution is 2.37. The Hall–Kier alpha value is -2.98. The lowest BCUT2D eigenvalue weighted by Gasteiger charge is -2.31. The van der Waals surface area contributed by atoms with Crippen LogP contribution in [0.3, 0.4) is 0 Å². The molecule has 2 aromatic carbocycles. The van der Waals surface area contributed by atoms with Gasteiger partial charge in [0.2, 0.25) is 22.7 Å². The molecule has 0 spiro atoms. The third-order valence-electron chi connectivity index (χ3n) is 9.52. The number of aliphatic hydroxyl groups is 1. The maximum Gasteiger partial charge on any atom is 0.243 e. The molecule has 0 radical (unpaired) electrons. The van der Waals surface area contributed by atoms with Crippen molar-refractivity contribution >= 4 is 15.9 Å². The van der Waals surface area contributed by atoms with Crippen molar-refractivity contribution in [3.05, 3.63) is 48.0 Å². The third-order valence-corrected chi connectivity index (χ3v) is 11.3. The van der Waals surface area contributed by atoms with Crippen LogP contribution in [0.5, 0.6) is 17.2 Å². The maximum absolute atomic E-state index is 13.9. The van der Waals surface area contributed by atoms with Gasteiger partial charge in [0.1, 0.15) is 12.4 Å². The fourth-order valence-corrected chi connectivity index (χ4v) is 8.48. The summed E-state index contributed by atoms with van der Waals surface area (Å²) in [5.74, 6) is 1.50. The van der Waals surface area contributed by atoms with E-state index in [0.29, 0.717) is 31.3 Å². The van der Waals surface area contributed by atoms with Crippen LogP contribution in [0, 0.1) is 17.8 Å². The Labute approximate surface area is 288 Å². The molecular formula is C35H49N3O10S. The number of ether oxygens (including phenoxy) is 6. The molecule has 13 nitrogen and oxygen atoms in total. The number of nitrogens with zero attached hydrogens (tertiary/aromatic N) is 2. The minimum absolute atomic E-state index is 0.0167. The monoisotopic (exact) mass is 703 g/mol. The molecule has 4 aliphatic rings. The Morgan fingerprint density at radius 1 is 1.04 bits per heavy atom. The Kier molecular flexibility index (Phi) is 12.0. The van der Waals surface area contributed by atoms with Crippen LogP contribution in [0.25, 0.3) is 0 Å². The molecule has 4 heterocycles. The second-order valence-electron chi connectivity index (χ2n) is 13.6. The molecule has 4 aliphatic heterocycles. The first-order valence-electron chi connectivity index (χ1n) is 17.3. The average molecular weight is 704 g/mol. The number of fused-ring (bicyclic) bond motifs is 2. The van der Waals surface area contributed by atoms with Crippen LogP contribution in [0.1, 0.15) is 32.3 Å². The van der Waals surface area contributed by atoms with Gasteiger partial charge in [-0.25, -0.2) is 8.42 Å². The highest BCUT2D eigenvalue weighted by molar-refractivity contribution is 7.89. The molecule has 3 saturated heterocycles. The zero-order valence-corrected chi connectivity index (χ0v) is 29.1. The fraction of sp³-hybridized carbons (Fsp3) is 0.629. The van der Waals surface area contributed by atoms with Crippen molar-refractivity contribution < 1.29 is 46.7 Å². The number of hydrogen-bond donors (Lipinski definition) is 2. The van der Waals surface area contributed by atoms with E-state index in [1.807, 2.05) is 38.1 Å². The molecule has 49 heavy (non-hydrogen) atoms. The van der Waals surface area contributed by atoms with Crippen LogP contribution >= 0.6 is 0 Å². The van der Waals surface area contributed by atoms with Gasteiger partial charge in [0, 0.05) is 51.1 Å². The van der Waals surface area contributed by atoms with Crippen LogP contribution in [0.4, 0.5) is 0 Å². The summed E-state index contributed by atoms with van der Waals surface area (Å²) in [7, 11) is -4.03. The Morgan fingerprint density at radius 2 is 1.82 bits per heavy atom. The average Bonchev–Trinajstić information content (AvgIpc) is 3.84. The maximum atomic E-state index is 13.9. The van der Waals surface area contributed by atoms with E-state index in [9.17, 15) is 18.3 Å². The first kappa shape index (κ1) is 35.8. The number of morpholine rings is 1. The number of rotatable bonds is 16. The van der Waals surface area contributed by atoms with Gasteiger partial charge in [-0.1, -0.05) is 26.0 Å². The molecule has 0 saturated carbocycles. The van der Waals surface area contributed by atoms with Gasteiger partial charge in [0.15, 0.2) is 17.8 Å². The lowest BCUT2D eigenvalue weighted by Crippen LogP contribution is -2.51. The number of nitrogens with one attached hydrogen (secondary N) is 1. The summed E-state index contributed by atoms with van der Waals surface area (Å²) in [4.78, 5) is 15.8.